The lowest BCUT2D eigenvalue weighted by atomic mass is 9.94. The van der Waals surface area contributed by atoms with E-state index in [0.717, 1.165) is 36.9 Å². The summed E-state index contributed by atoms with van der Waals surface area (Å²) >= 11 is 6.47. The quantitative estimate of drug-likeness (QED) is 0.215. The molecule has 224 valence electrons. The van der Waals surface area contributed by atoms with Crippen molar-refractivity contribution in [1.29, 1.82) is 0 Å². The molecule has 0 spiro atoms. The highest BCUT2D eigenvalue weighted by Gasteiger charge is 2.23. The summed E-state index contributed by atoms with van der Waals surface area (Å²) in [5.74, 6) is -1.22. The first kappa shape index (κ1) is 30.4. The molecular weight excluding hydrogens is 605 g/mol. The molecule has 6 rings (SSSR count). The van der Waals surface area contributed by atoms with Crippen LogP contribution in [0.15, 0.2) is 53.3 Å². The Morgan fingerprint density at radius 1 is 1.05 bits per heavy atom. The van der Waals surface area contributed by atoms with Gasteiger partial charge >= 0.3 is 4.87 Å². The van der Waals surface area contributed by atoms with Gasteiger partial charge in [-0.05, 0) is 47.7 Å². The average Bonchev–Trinajstić information content (AvgIpc) is 3.72. The topological polar surface area (TPSA) is 119 Å². The van der Waals surface area contributed by atoms with Crippen molar-refractivity contribution in [2.75, 3.05) is 13.2 Å². The first-order valence-corrected chi connectivity index (χ1v) is 14.3. The summed E-state index contributed by atoms with van der Waals surface area (Å²) in [7, 11) is 0. The highest BCUT2D eigenvalue weighted by atomic mass is 35.5. The Balaban J connectivity index is 0.000000463. The van der Waals surface area contributed by atoms with E-state index in [1.165, 1.54) is 36.8 Å². The van der Waals surface area contributed by atoms with Crippen molar-refractivity contribution in [3.8, 4) is 28.8 Å². The van der Waals surface area contributed by atoms with E-state index in [9.17, 15) is 18.0 Å². The summed E-state index contributed by atoms with van der Waals surface area (Å²) in [5, 5.41) is 6.83. The first-order valence-electron chi connectivity index (χ1n) is 13.1. The lowest BCUT2D eigenvalue weighted by Gasteiger charge is -2.11. The number of nitrogens with zero attached hydrogens (tertiary/aromatic N) is 4. The number of pyridine rings is 1. The van der Waals surface area contributed by atoms with Gasteiger partial charge in [0.15, 0.2) is 5.82 Å². The third-order valence-corrected chi connectivity index (χ3v) is 7.26. The summed E-state index contributed by atoms with van der Waals surface area (Å²) in [6.45, 7) is 6.27. The molecule has 0 radical (unpaired) electrons. The zero-order chi connectivity index (χ0) is 30.6. The van der Waals surface area contributed by atoms with Crippen LogP contribution in [0, 0.1) is 22.9 Å². The van der Waals surface area contributed by atoms with Gasteiger partial charge in [-0.1, -0.05) is 37.6 Å². The van der Waals surface area contributed by atoms with E-state index < -0.39 is 17.5 Å². The molecule has 0 amide bonds. The SMILES string of the molecule is CC1(C)CCOC1.O=c1[nH]c(-c2n[nH]c(Cc3cc(F)c(-c4cccc(OCc5ccc(Cl)cc5F)n4)cc3F)n2)ns1. The smallest absolute Gasteiger partial charge is 0.323 e. The number of hydrogen-bond donors (Lipinski definition) is 2. The molecule has 4 heterocycles. The van der Waals surface area contributed by atoms with Gasteiger partial charge in [0.25, 0.3) is 0 Å². The molecule has 0 aliphatic carbocycles. The minimum Gasteiger partial charge on any atom is -0.473 e. The first-order chi connectivity index (χ1) is 20.6. The molecule has 5 aromatic rings. The number of aromatic nitrogens is 6. The number of halogens is 4. The van der Waals surface area contributed by atoms with Gasteiger partial charge in [0.05, 0.1) is 12.3 Å². The van der Waals surface area contributed by atoms with Crippen molar-refractivity contribution in [3.05, 3.63) is 97.6 Å². The monoisotopic (exact) mass is 630 g/mol. The van der Waals surface area contributed by atoms with Crippen LogP contribution in [0.5, 0.6) is 5.88 Å². The minimum absolute atomic E-state index is 0.0383. The zero-order valence-electron chi connectivity index (χ0n) is 23.1. The van der Waals surface area contributed by atoms with Gasteiger partial charge in [0.1, 0.15) is 29.9 Å². The predicted octanol–water partition coefficient (Wildman–Crippen LogP) is 6.35. The van der Waals surface area contributed by atoms with E-state index in [-0.39, 0.29) is 68.7 Å². The molecule has 0 unspecified atom stereocenters. The Kier molecular flexibility index (Phi) is 9.23. The second-order valence-electron chi connectivity index (χ2n) is 10.5. The van der Waals surface area contributed by atoms with Crippen LogP contribution in [0.1, 0.15) is 37.2 Å². The van der Waals surface area contributed by atoms with Crippen LogP contribution < -0.4 is 9.61 Å². The molecule has 1 saturated heterocycles. The Hall–Kier alpha value is -4.07. The van der Waals surface area contributed by atoms with Crippen molar-refractivity contribution < 1.29 is 22.6 Å². The minimum atomic E-state index is -0.705. The van der Waals surface area contributed by atoms with E-state index in [1.807, 2.05) is 0 Å². The molecule has 9 nitrogen and oxygen atoms in total. The molecule has 1 aliphatic rings. The van der Waals surface area contributed by atoms with Crippen LogP contribution in [0.2, 0.25) is 5.02 Å². The Morgan fingerprint density at radius 3 is 2.53 bits per heavy atom. The molecule has 2 N–H and O–H groups in total. The van der Waals surface area contributed by atoms with Crippen molar-refractivity contribution in [1.82, 2.24) is 29.5 Å². The average molecular weight is 631 g/mol. The van der Waals surface area contributed by atoms with Crippen molar-refractivity contribution >= 4 is 23.1 Å². The van der Waals surface area contributed by atoms with Crippen molar-refractivity contribution in [2.24, 2.45) is 5.41 Å². The fourth-order valence-electron chi connectivity index (χ4n) is 4.11. The molecule has 2 aromatic carbocycles. The van der Waals surface area contributed by atoms with Gasteiger partial charge in [0.2, 0.25) is 11.7 Å². The fraction of sp³-hybridized carbons (Fsp3) is 0.276. The van der Waals surface area contributed by atoms with Crippen LogP contribution in [0.4, 0.5) is 13.2 Å². The standard InChI is InChI=1S/C23H14ClF3N6O2S.C6H12O/c24-13-5-4-11(15(25)8-13)10-35-20-3-1-2-18(28-20)14-9-16(26)12(6-17(14)27)7-19-29-21(32-31-19)22-30-23(34)36-33-22;1-6(2)3-4-7-5-6/h1-6,8-9H,7,10H2,(H,29,31,32)(H,30,33,34);3-5H2,1-2H3. The zero-order valence-corrected chi connectivity index (χ0v) is 24.7. The second kappa shape index (κ2) is 13.1. The molecule has 0 bridgehead atoms. The second-order valence-corrected chi connectivity index (χ2v) is 11.7. The number of ether oxygens (including phenoxy) is 2. The predicted molar refractivity (Wildman–Crippen MR) is 155 cm³/mol. The summed E-state index contributed by atoms with van der Waals surface area (Å²) in [6.07, 6.45) is 1.15. The molecular formula is C29H26ClF3N6O3S. The summed E-state index contributed by atoms with van der Waals surface area (Å²) < 4.78 is 58.4. The normalized spacial score (nSPS) is 13.9. The molecule has 1 aliphatic heterocycles. The van der Waals surface area contributed by atoms with E-state index in [4.69, 9.17) is 21.1 Å². The lowest BCUT2D eigenvalue weighted by Crippen LogP contribution is -2.08. The number of hydrogen-bond acceptors (Lipinski definition) is 8. The highest BCUT2D eigenvalue weighted by molar-refractivity contribution is 7.03. The Labute approximate surface area is 253 Å². The van der Waals surface area contributed by atoms with E-state index >= 15 is 0 Å². The number of benzene rings is 2. The van der Waals surface area contributed by atoms with E-state index in [0.29, 0.717) is 5.41 Å². The van der Waals surface area contributed by atoms with Crippen molar-refractivity contribution in [3.63, 3.8) is 0 Å². The van der Waals surface area contributed by atoms with Gasteiger partial charge in [-0.25, -0.2) is 23.1 Å². The molecule has 3 aromatic heterocycles. The van der Waals surface area contributed by atoms with Gasteiger partial charge < -0.3 is 9.47 Å². The van der Waals surface area contributed by atoms with Gasteiger partial charge in [-0.3, -0.25) is 14.9 Å². The summed E-state index contributed by atoms with van der Waals surface area (Å²) in [4.78, 5) is 21.7. The van der Waals surface area contributed by atoms with Crippen LogP contribution in [0.25, 0.3) is 22.9 Å². The van der Waals surface area contributed by atoms with Crippen LogP contribution in [-0.4, -0.2) is 42.7 Å². The maximum Gasteiger partial charge on any atom is 0.323 e. The lowest BCUT2D eigenvalue weighted by molar-refractivity contribution is 0.167. The third kappa shape index (κ3) is 7.86. The Morgan fingerprint density at radius 2 is 1.86 bits per heavy atom. The van der Waals surface area contributed by atoms with E-state index in [1.54, 1.807) is 6.07 Å². The Bertz CT molecular complexity index is 1780. The molecule has 43 heavy (non-hydrogen) atoms. The fourth-order valence-corrected chi connectivity index (χ4v) is 4.71. The van der Waals surface area contributed by atoms with Crippen molar-refractivity contribution in [2.45, 2.75) is 33.3 Å². The molecule has 0 saturated carbocycles. The summed E-state index contributed by atoms with van der Waals surface area (Å²) in [5.41, 5.74) is 0.848. The molecule has 1 fully saturated rings. The van der Waals surface area contributed by atoms with Gasteiger partial charge in [0, 0.05) is 46.8 Å². The van der Waals surface area contributed by atoms with Gasteiger partial charge in [-0.15, -0.1) is 0 Å². The van der Waals surface area contributed by atoms with E-state index in [2.05, 4.69) is 43.4 Å². The van der Waals surface area contributed by atoms with Gasteiger partial charge in [-0.2, -0.15) is 9.47 Å². The third-order valence-electron chi connectivity index (χ3n) is 6.48. The number of H-pyrrole nitrogens is 2. The maximum atomic E-state index is 15.0. The molecule has 14 heteroatoms. The summed E-state index contributed by atoms with van der Waals surface area (Å²) in [6, 6.07) is 10.9. The van der Waals surface area contributed by atoms with Crippen LogP contribution >= 0.6 is 23.1 Å². The van der Waals surface area contributed by atoms with Crippen LogP contribution in [-0.2, 0) is 17.8 Å². The maximum absolute atomic E-state index is 15.0. The largest absolute Gasteiger partial charge is 0.473 e. The molecule has 0 atom stereocenters. The van der Waals surface area contributed by atoms with Crippen LogP contribution in [0.3, 0.4) is 0 Å². The number of nitrogens with one attached hydrogen (secondary N) is 2. The number of rotatable bonds is 7. The number of aromatic amines is 2. The highest BCUT2D eigenvalue weighted by Crippen LogP contribution is 2.28.